The molecule has 0 radical (unpaired) electrons. The summed E-state index contributed by atoms with van der Waals surface area (Å²) >= 11 is 0. The van der Waals surface area contributed by atoms with Crippen molar-refractivity contribution in [2.24, 2.45) is 0 Å². The average Bonchev–Trinajstić information content (AvgIpc) is 2.54. The molecule has 2 rings (SSSR count). The van der Waals surface area contributed by atoms with Gasteiger partial charge in [0.05, 0.1) is 0 Å². The summed E-state index contributed by atoms with van der Waals surface area (Å²) in [6.07, 6.45) is 0. The molecule has 2 aliphatic carbocycles. The molecule has 0 heterocycles. The third-order valence-electron chi connectivity index (χ3n) is 3.56. The quantitative estimate of drug-likeness (QED) is 0.591. The zero-order valence-electron chi connectivity index (χ0n) is 10.2. The molecule has 0 fully saturated rings. The first-order valence-corrected chi connectivity index (χ1v) is 5.49. The molecular weight excluding hydrogens is 180 g/mol. The van der Waals surface area contributed by atoms with Crippen LogP contribution in [-0.4, -0.2) is 0 Å². The van der Waals surface area contributed by atoms with Gasteiger partial charge in [-0.3, -0.25) is 0 Å². The Labute approximate surface area is 92.3 Å². The molecule has 0 aliphatic heterocycles. The van der Waals surface area contributed by atoms with Crippen molar-refractivity contribution in [1.82, 2.24) is 0 Å². The Kier molecular flexibility index (Phi) is 2.30. The molecule has 0 aromatic carbocycles. The van der Waals surface area contributed by atoms with E-state index >= 15 is 0 Å². The molecule has 0 saturated heterocycles. The topological polar surface area (TPSA) is 0 Å². The van der Waals surface area contributed by atoms with Crippen LogP contribution < -0.4 is 0 Å². The zero-order valence-corrected chi connectivity index (χ0v) is 10.2. The number of fused-ring (bicyclic) bond motifs is 1. The fourth-order valence-corrected chi connectivity index (χ4v) is 2.35. The van der Waals surface area contributed by atoms with Crippen LogP contribution in [0.4, 0.5) is 0 Å². The molecule has 0 aromatic heterocycles. The summed E-state index contributed by atoms with van der Waals surface area (Å²) in [7, 11) is 0. The molecule has 78 valence electrons. The van der Waals surface area contributed by atoms with E-state index in [2.05, 4.69) is 52.8 Å². The maximum atomic E-state index is 2.30. The van der Waals surface area contributed by atoms with E-state index in [9.17, 15) is 0 Å². The summed E-state index contributed by atoms with van der Waals surface area (Å²) in [5.41, 5.74) is 9.85. The van der Waals surface area contributed by atoms with E-state index in [1.54, 1.807) is 0 Å². The lowest BCUT2D eigenvalue weighted by Gasteiger charge is -2.04. The van der Waals surface area contributed by atoms with Gasteiger partial charge in [0, 0.05) is 0 Å². The van der Waals surface area contributed by atoms with E-state index in [1.807, 2.05) is 0 Å². The minimum Gasteiger partial charge on any atom is -0.0581 e. The third-order valence-corrected chi connectivity index (χ3v) is 3.56. The highest BCUT2D eigenvalue weighted by Crippen LogP contribution is 2.35. The predicted octanol–water partition coefficient (Wildman–Crippen LogP) is 4.33. The second-order valence-electron chi connectivity index (χ2n) is 4.57. The maximum Gasteiger partial charge on any atom is -0.0120 e. The van der Waals surface area contributed by atoms with Gasteiger partial charge in [-0.25, -0.2) is 0 Å². The summed E-state index contributed by atoms with van der Waals surface area (Å²) in [6.45, 7) is 11.0. The number of hydrogen-bond donors (Lipinski definition) is 0. The average molecular weight is 198 g/mol. The van der Waals surface area contributed by atoms with Crippen LogP contribution in [0.5, 0.6) is 0 Å². The van der Waals surface area contributed by atoms with Gasteiger partial charge in [0.2, 0.25) is 0 Å². The Hall–Kier alpha value is -1.30. The van der Waals surface area contributed by atoms with Gasteiger partial charge in [0.1, 0.15) is 0 Å². The fourth-order valence-electron chi connectivity index (χ4n) is 2.35. The Bertz CT molecular complexity index is 492. The summed E-state index contributed by atoms with van der Waals surface area (Å²) in [4.78, 5) is 0. The normalized spacial score (nSPS) is 11.0. The SMILES string of the molecule is Cc1cc(C)c(C)c2c(C)ccc-2c1C. The largest absolute Gasteiger partial charge is 0.0581 e. The Morgan fingerprint density at radius 1 is 0.667 bits per heavy atom. The lowest BCUT2D eigenvalue weighted by Crippen LogP contribution is -1.83. The summed E-state index contributed by atoms with van der Waals surface area (Å²) < 4.78 is 0. The van der Waals surface area contributed by atoms with Gasteiger partial charge in [-0.15, -0.1) is 0 Å². The predicted molar refractivity (Wildman–Crippen MR) is 66.7 cm³/mol. The van der Waals surface area contributed by atoms with Crippen LogP contribution in [0.15, 0.2) is 18.2 Å². The third kappa shape index (κ3) is 1.45. The number of aryl methyl sites for hydroxylation is 3. The van der Waals surface area contributed by atoms with Crippen LogP contribution in [0.3, 0.4) is 0 Å². The van der Waals surface area contributed by atoms with Crippen molar-refractivity contribution in [3.05, 3.63) is 46.0 Å². The monoisotopic (exact) mass is 198 g/mol. The van der Waals surface area contributed by atoms with Crippen LogP contribution >= 0.6 is 0 Å². The lowest BCUT2D eigenvalue weighted by molar-refractivity contribution is 1.33. The van der Waals surface area contributed by atoms with Crippen molar-refractivity contribution in [1.29, 1.82) is 0 Å². The van der Waals surface area contributed by atoms with Crippen LogP contribution in [0.2, 0.25) is 0 Å². The second-order valence-corrected chi connectivity index (χ2v) is 4.57. The molecule has 0 unspecified atom stereocenters. The highest BCUT2D eigenvalue weighted by atomic mass is 14.2. The molecule has 0 saturated carbocycles. The van der Waals surface area contributed by atoms with Gasteiger partial charge in [-0.2, -0.15) is 0 Å². The first-order chi connectivity index (χ1) is 7.02. The van der Waals surface area contributed by atoms with Gasteiger partial charge in [0.15, 0.2) is 0 Å². The molecule has 0 N–H and O–H groups in total. The van der Waals surface area contributed by atoms with E-state index in [-0.39, 0.29) is 0 Å². The highest BCUT2D eigenvalue weighted by molar-refractivity contribution is 5.77. The van der Waals surface area contributed by atoms with Crippen molar-refractivity contribution >= 4 is 0 Å². The molecule has 0 atom stereocenters. The molecule has 0 nitrogen and oxygen atoms in total. The van der Waals surface area contributed by atoms with Crippen molar-refractivity contribution < 1.29 is 0 Å². The first-order valence-electron chi connectivity index (χ1n) is 5.49. The number of hydrogen-bond acceptors (Lipinski definition) is 0. The molecule has 2 aliphatic rings. The van der Waals surface area contributed by atoms with Crippen LogP contribution in [0.1, 0.15) is 27.8 Å². The summed E-state index contributed by atoms with van der Waals surface area (Å²) in [5.74, 6) is 0. The van der Waals surface area contributed by atoms with Crippen molar-refractivity contribution in [3.63, 3.8) is 0 Å². The highest BCUT2D eigenvalue weighted by Gasteiger charge is 2.13. The van der Waals surface area contributed by atoms with Crippen molar-refractivity contribution in [2.75, 3.05) is 0 Å². The summed E-state index contributed by atoms with van der Waals surface area (Å²) in [6, 6.07) is 6.77. The van der Waals surface area contributed by atoms with Gasteiger partial charge >= 0.3 is 0 Å². The molecule has 0 amide bonds. The van der Waals surface area contributed by atoms with Gasteiger partial charge in [-0.05, 0) is 73.6 Å². The Morgan fingerprint density at radius 3 is 1.93 bits per heavy atom. The van der Waals surface area contributed by atoms with E-state index in [1.165, 1.54) is 38.9 Å². The van der Waals surface area contributed by atoms with Crippen LogP contribution in [0, 0.1) is 34.6 Å². The van der Waals surface area contributed by atoms with E-state index in [4.69, 9.17) is 0 Å². The number of rotatable bonds is 0. The van der Waals surface area contributed by atoms with Crippen molar-refractivity contribution in [2.45, 2.75) is 34.6 Å². The van der Waals surface area contributed by atoms with E-state index in [0.717, 1.165) is 0 Å². The molecule has 0 heteroatoms. The van der Waals surface area contributed by atoms with Gasteiger partial charge in [-0.1, -0.05) is 18.2 Å². The van der Waals surface area contributed by atoms with E-state index < -0.39 is 0 Å². The smallest absolute Gasteiger partial charge is 0.0120 e. The molecular formula is C15H18. The van der Waals surface area contributed by atoms with Crippen LogP contribution in [-0.2, 0) is 0 Å². The van der Waals surface area contributed by atoms with Crippen molar-refractivity contribution in [3.8, 4) is 11.1 Å². The maximum absolute atomic E-state index is 2.30. The second kappa shape index (κ2) is 3.37. The van der Waals surface area contributed by atoms with Crippen LogP contribution in [0.25, 0.3) is 11.1 Å². The molecule has 0 aromatic rings. The van der Waals surface area contributed by atoms with Gasteiger partial charge < -0.3 is 0 Å². The lowest BCUT2D eigenvalue weighted by atomic mass is 10.00. The minimum absolute atomic E-state index is 1.39. The molecule has 0 spiro atoms. The fraction of sp³-hybridized carbons (Fsp3) is 0.333. The summed E-state index contributed by atoms with van der Waals surface area (Å²) in [5, 5.41) is 0. The molecule has 15 heavy (non-hydrogen) atoms. The standard InChI is InChI=1S/C15H18/c1-9-6-7-14-12(4)10(2)8-11(3)13(5)15(9)14/h6-8H,1-5H3. The zero-order chi connectivity index (χ0) is 11.2. The van der Waals surface area contributed by atoms with Gasteiger partial charge in [0.25, 0.3) is 0 Å². The Morgan fingerprint density at radius 2 is 1.27 bits per heavy atom. The van der Waals surface area contributed by atoms with E-state index in [0.29, 0.717) is 0 Å². The molecule has 0 bridgehead atoms. The minimum atomic E-state index is 1.39. The Balaban J connectivity index is 2.95. The first kappa shape index (κ1) is 10.2.